The van der Waals surface area contributed by atoms with Crippen molar-refractivity contribution in [1.82, 2.24) is 9.55 Å². The first-order valence-electron chi connectivity index (χ1n) is 6.45. The summed E-state index contributed by atoms with van der Waals surface area (Å²) in [6.07, 6.45) is 6.91. The van der Waals surface area contributed by atoms with Crippen LogP contribution in [0.3, 0.4) is 0 Å². The standard InChI is InChI=1S/C14H15N3O2/c1-16-13-9-11(17(18)19)6-7-12(13)15-14(16)8-10-4-2-3-5-10/h6-9H,2-5H2,1H3. The normalized spacial score (nSPS) is 15.1. The van der Waals surface area contributed by atoms with E-state index in [1.54, 1.807) is 12.1 Å². The lowest BCUT2D eigenvalue weighted by molar-refractivity contribution is -0.384. The summed E-state index contributed by atoms with van der Waals surface area (Å²) in [6, 6.07) is 4.80. The predicted molar refractivity (Wildman–Crippen MR) is 73.8 cm³/mol. The first-order chi connectivity index (χ1) is 9.15. The zero-order valence-electron chi connectivity index (χ0n) is 10.8. The van der Waals surface area contributed by atoms with Crippen LogP contribution in [0.5, 0.6) is 0 Å². The quantitative estimate of drug-likeness (QED) is 0.611. The molecule has 1 aromatic heterocycles. The largest absolute Gasteiger partial charge is 0.327 e. The fourth-order valence-corrected chi connectivity index (χ4v) is 2.60. The van der Waals surface area contributed by atoms with Crippen LogP contribution >= 0.6 is 0 Å². The molecule has 98 valence electrons. The third-order valence-electron chi connectivity index (χ3n) is 3.69. The Balaban J connectivity index is 2.09. The van der Waals surface area contributed by atoms with Crippen molar-refractivity contribution < 1.29 is 4.92 Å². The molecule has 0 N–H and O–H groups in total. The highest BCUT2D eigenvalue weighted by molar-refractivity contribution is 5.80. The van der Waals surface area contributed by atoms with Crippen LogP contribution in [0.1, 0.15) is 31.5 Å². The predicted octanol–water partition coefficient (Wildman–Crippen LogP) is 3.44. The fourth-order valence-electron chi connectivity index (χ4n) is 2.60. The molecule has 5 nitrogen and oxygen atoms in total. The SMILES string of the molecule is Cn1c(C=C2CCCC2)nc2ccc([N+](=O)[O-])cc21. The van der Waals surface area contributed by atoms with Crippen LogP contribution in [0.15, 0.2) is 23.8 Å². The molecule has 1 aromatic carbocycles. The van der Waals surface area contributed by atoms with E-state index < -0.39 is 0 Å². The van der Waals surface area contributed by atoms with E-state index in [1.807, 2.05) is 11.6 Å². The van der Waals surface area contributed by atoms with Crippen molar-refractivity contribution in [1.29, 1.82) is 0 Å². The molecule has 0 radical (unpaired) electrons. The number of aromatic nitrogens is 2. The Labute approximate surface area is 110 Å². The molecular formula is C14H15N3O2. The minimum Gasteiger partial charge on any atom is -0.327 e. The highest BCUT2D eigenvalue weighted by Crippen LogP contribution is 2.27. The van der Waals surface area contributed by atoms with Gasteiger partial charge in [0.2, 0.25) is 0 Å². The Bertz CT molecular complexity index is 677. The summed E-state index contributed by atoms with van der Waals surface area (Å²) < 4.78 is 1.92. The number of nitrogens with zero attached hydrogens (tertiary/aromatic N) is 3. The van der Waals surface area contributed by atoms with Crippen molar-refractivity contribution in [2.45, 2.75) is 25.7 Å². The molecule has 0 unspecified atom stereocenters. The van der Waals surface area contributed by atoms with Crippen molar-refractivity contribution in [3.05, 3.63) is 39.7 Å². The van der Waals surface area contributed by atoms with Crippen LogP contribution in [0.2, 0.25) is 0 Å². The van der Waals surface area contributed by atoms with Crippen LogP contribution in [-0.4, -0.2) is 14.5 Å². The minimum atomic E-state index is -0.373. The van der Waals surface area contributed by atoms with Gasteiger partial charge in [0, 0.05) is 19.2 Å². The molecule has 0 bridgehead atoms. The Kier molecular flexibility index (Phi) is 2.81. The maximum absolute atomic E-state index is 10.8. The third kappa shape index (κ3) is 2.12. The number of hydrogen-bond donors (Lipinski definition) is 0. The lowest BCUT2D eigenvalue weighted by Crippen LogP contribution is -1.93. The molecule has 19 heavy (non-hydrogen) atoms. The van der Waals surface area contributed by atoms with Crippen molar-refractivity contribution in [2.24, 2.45) is 7.05 Å². The second kappa shape index (κ2) is 4.50. The summed E-state index contributed by atoms with van der Waals surface area (Å²) in [6.45, 7) is 0. The average molecular weight is 257 g/mol. The second-order valence-electron chi connectivity index (χ2n) is 4.97. The molecule has 2 aromatic rings. The molecule has 1 aliphatic carbocycles. The lowest BCUT2D eigenvalue weighted by Gasteiger charge is -1.99. The molecule has 1 heterocycles. The summed E-state index contributed by atoms with van der Waals surface area (Å²) in [5.74, 6) is 0.882. The first kappa shape index (κ1) is 11.9. The first-order valence-corrected chi connectivity index (χ1v) is 6.45. The Hall–Kier alpha value is -2.17. The van der Waals surface area contributed by atoms with E-state index in [9.17, 15) is 10.1 Å². The molecular weight excluding hydrogens is 242 g/mol. The number of nitro benzene ring substituents is 1. The molecule has 0 amide bonds. The van der Waals surface area contributed by atoms with Crippen LogP contribution in [0, 0.1) is 10.1 Å². The van der Waals surface area contributed by atoms with E-state index in [2.05, 4.69) is 11.1 Å². The van der Waals surface area contributed by atoms with E-state index in [0.29, 0.717) is 0 Å². The molecule has 3 rings (SSSR count). The fraction of sp³-hybridized carbons (Fsp3) is 0.357. The van der Waals surface area contributed by atoms with E-state index in [0.717, 1.165) is 29.7 Å². The van der Waals surface area contributed by atoms with Crippen molar-refractivity contribution in [3.8, 4) is 0 Å². The summed E-state index contributed by atoms with van der Waals surface area (Å²) in [4.78, 5) is 15.0. The van der Waals surface area contributed by atoms with Gasteiger partial charge in [0.15, 0.2) is 0 Å². The van der Waals surface area contributed by atoms with Crippen LogP contribution in [0.4, 0.5) is 5.69 Å². The smallest absolute Gasteiger partial charge is 0.271 e. The number of imidazole rings is 1. The molecule has 0 atom stereocenters. The topological polar surface area (TPSA) is 61.0 Å². The van der Waals surface area contributed by atoms with E-state index in [4.69, 9.17) is 0 Å². The summed E-state index contributed by atoms with van der Waals surface area (Å²) in [7, 11) is 1.90. The highest BCUT2D eigenvalue weighted by Gasteiger charge is 2.13. The molecule has 5 heteroatoms. The van der Waals surface area contributed by atoms with E-state index in [-0.39, 0.29) is 10.6 Å². The molecule has 1 fully saturated rings. The van der Waals surface area contributed by atoms with Crippen LogP contribution in [0.25, 0.3) is 17.1 Å². The van der Waals surface area contributed by atoms with Crippen molar-refractivity contribution >= 4 is 22.8 Å². The number of aryl methyl sites for hydroxylation is 1. The Morgan fingerprint density at radius 1 is 1.37 bits per heavy atom. The van der Waals surface area contributed by atoms with Gasteiger partial charge in [0.05, 0.1) is 16.0 Å². The van der Waals surface area contributed by atoms with Gasteiger partial charge < -0.3 is 4.57 Å². The molecule has 1 aliphatic rings. The second-order valence-corrected chi connectivity index (χ2v) is 4.97. The van der Waals surface area contributed by atoms with Gasteiger partial charge in [0.1, 0.15) is 5.82 Å². The number of fused-ring (bicyclic) bond motifs is 1. The maximum atomic E-state index is 10.8. The lowest BCUT2D eigenvalue weighted by atomic mass is 10.2. The number of nitro groups is 1. The van der Waals surface area contributed by atoms with Gasteiger partial charge in [-0.3, -0.25) is 10.1 Å². The maximum Gasteiger partial charge on any atom is 0.271 e. The number of rotatable bonds is 2. The third-order valence-corrected chi connectivity index (χ3v) is 3.69. The molecule has 0 spiro atoms. The number of allylic oxidation sites excluding steroid dienone is 1. The zero-order valence-corrected chi connectivity index (χ0v) is 10.8. The van der Waals surface area contributed by atoms with E-state index in [1.165, 1.54) is 24.5 Å². The Morgan fingerprint density at radius 2 is 2.11 bits per heavy atom. The number of hydrogen-bond acceptors (Lipinski definition) is 3. The van der Waals surface area contributed by atoms with E-state index >= 15 is 0 Å². The van der Waals surface area contributed by atoms with Gasteiger partial charge in [-0.05, 0) is 37.8 Å². The monoisotopic (exact) mass is 257 g/mol. The minimum absolute atomic E-state index is 0.107. The molecule has 0 aliphatic heterocycles. The molecule has 0 saturated heterocycles. The van der Waals surface area contributed by atoms with Crippen LogP contribution < -0.4 is 0 Å². The van der Waals surface area contributed by atoms with Gasteiger partial charge in [-0.15, -0.1) is 0 Å². The van der Waals surface area contributed by atoms with Gasteiger partial charge in [-0.25, -0.2) is 4.98 Å². The van der Waals surface area contributed by atoms with Crippen LogP contribution in [-0.2, 0) is 7.05 Å². The van der Waals surface area contributed by atoms with Gasteiger partial charge >= 0.3 is 0 Å². The highest BCUT2D eigenvalue weighted by atomic mass is 16.6. The van der Waals surface area contributed by atoms with Gasteiger partial charge in [-0.2, -0.15) is 0 Å². The summed E-state index contributed by atoms with van der Waals surface area (Å²) >= 11 is 0. The van der Waals surface area contributed by atoms with Gasteiger partial charge in [0.25, 0.3) is 5.69 Å². The zero-order chi connectivity index (χ0) is 13.4. The average Bonchev–Trinajstić information content (AvgIpc) is 2.99. The molecule has 1 saturated carbocycles. The van der Waals surface area contributed by atoms with Gasteiger partial charge in [-0.1, -0.05) is 5.57 Å². The number of non-ortho nitro benzene ring substituents is 1. The van der Waals surface area contributed by atoms with Crippen molar-refractivity contribution in [2.75, 3.05) is 0 Å². The Morgan fingerprint density at radius 3 is 2.79 bits per heavy atom. The summed E-state index contributed by atoms with van der Waals surface area (Å²) in [5, 5.41) is 10.8. The summed E-state index contributed by atoms with van der Waals surface area (Å²) in [5.41, 5.74) is 3.14. The van der Waals surface area contributed by atoms with Crippen molar-refractivity contribution in [3.63, 3.8) is 0 Å². The number of benzene rings is 1.